The fourth-order valence-electron chi connectivity index (χ4n) is 3.82. The number of hydrogen-bond acceptors (Lipinski definition) is 5. The zero-order valence-corrected chi connectivity index (χ0v) is 19.7. The third-order valence-corrected chi connectivity index (χ3v) is 6.13. The van der Waals surface area contributed by atoms with Crippen molar-refractivity contribution in [3.8, 4) is 22.8 Å². The Labute approximate surface area is 192 Å². The molecule has 0 unspecified atom stereocenters. The Bertz CT molecular complexity index is 1240. The van der Waals surface area contributed by atoms with E-state index in [1.54, 1.807) is 25.6 Å². The second-order valence-corrected chi connectivity index (χ2v) is 8.57. The van der Waals surface area contributed by atoms with Gasteiger partial charge in [0.1, 0.15) is 11.5 Å². The van der Waals surface area contributed by atoms with Crippen LogP contribution in [-0.4, -0.2) is 28.3 Å². The summed E-state index contributed by atoms with van der Waals surface area (Å²) < 4.78 is 15.5. The normalized spacial score (nSPS) is 11.7. The van der Waals surface area contributed by atoms with Gasteiger partial charge in [-0.1, -0.05) is 6.07 Å². The molecule has 2 heterocycles. The lowest BCUT2D eigenvalue weighted by molar-refractivity contribution is 0.404. The smallest absolute Gasteiger partial charge is 0.190 e. The van der Waals surface area contributed by atoms with Crippen LogP contribution in [0.4, 0.5) is 5.69 Å². The first kappa shape index (κ1) is 21.9. The van der Waals surface area contributed by atoms with E-state index in [-0.39, 0.29) is 0 Å². The van der Waals surface area contributed by atoms with Crippen LogP contribution in [0.5, 0.6) is 11.5 Å². The quantitative estimate of drug-likeness (QED) is 0.364. The van der Waals surface area contributed by atoms with Crippen molar-refractivity contribution in [3.05, 3.63) is 76.4 Å². The van der Waals surface area contributed by atoms with E-state index in [1.807, 2.05) is 36.9 Å². The Morgan fingerprint density at radius 1 is 1.00 bits per heavy atom. The lowest BCUT2D eigenvalue weighted by Crippen LogP contribution is -2.17. The molecule has 32 heavy (non-hydrogen) atoms. The minimum Gasteiger partial charge on any atom is -0.497 e. The molecule has 0 saturated carbocycles. The molecular formula is C25H28N4O2S. The highest BCUT2D eigenvalue weighted by Gasteiger charge is 2.14. The van der Waals surface area contributed by atoms with Crippen LogP contribution in [-0.2, 0) is 13.1 Å². The molecule has 0 aliphatic rings. The number of rotatable bonds is 8. The second-order valence-electron chi connectivity index (χ2n) is 7.73. The van der Waals surface area contributed by atoms with Gasteiger partial charge in [0.05, 0.1) is 31.9 Å². The van der Waals surface area contributed by atoms with Crippen molar-refractivity contribution in [2.75, 3.05) is 14.2 Å². The second kappa shape index (κ2) is 9.87. The first-order valence-corrected chi connectivity index (χ1v) is 11.4. The lowest BCUT2D eigenvalue weighted by atomic mass is 10.1. The van der Waals surface area contributed by atoms with Crippen LogP contribution in [0.15, 0.2) is 65.5 Å². The largest absolute Gasteiger partial charge is 0.497 e. The van der Waals surface area contributed by atoms with E-state index >= 15 is 0 Å². The van der Waals surface area contributed by atoms with Crippen LogP contribution < -0.4 is 14.3 Å². The standard InChI is InChI=1S/C25H28N4O2S/c1-18-12-19(2)14-20(13-18)27-25-29(10-5-9-28-11-8-26-17-28)23(16-32-25)22-15-21(30-3)6-7-24(22)31-4/h6-8,11-17H,5,9-10H2,1-4H3. The first-order valence-electron chi connectivity index (χ1n) is 10.6. The Balaban J connectivity index is 1.79. The molecular weight excluding hydrogens is 420 g/mol. The zero-order valence-electron chi connectivity index (χ0n) is 18.9. The van der Waals surface area contributed by atoms with Crippen LogP contribution in [0.3, 0.4) is 0 Å². The predicted octanol–water partition coefficient (Wildman–Crippen LogP) is 5.37. The van der Waals surface area contributed by atoms with Gasteiger partial charge in [0.2, 0.25) is 0 Å². The van der Waals surface area contributed by atoms with Gasteiger partial charge in [0.25, 0.3) is 0 Å². The van der Waals surface area contributed by atoms with Crippen LogP contribution in [0.25, 0.3) is 11.3 Å². The summed E-state index contributed by atoms with van der Waals surface area (Å²) in [6.45, 7) is 5.92. The summed E-state index contributed by atoms with van der Waals surface area (Å²) in [5, 5.41) is 2.15. The summed E-state index contributed by atoms with van der Waals surface area (Å²) in [7, 11) is 3.38. The highest BCUT2D eigenvalue weighted by atomic mass is 32.1. The fraction of sp³-hybridized carbons (Fsp3) is 0.280. The van der Waals surface area contributed by atoms with E-state index in [1.165, 1.54) is 11.1 Å². The van der Waals surface area contributed by atoms with E-state index < -0.39 is 0 Å². The summed E-state index contributed by atoms with van der Waals surface area (Å²) in [5.41, 5.74) is 5.45. The van der Waals surface area contributed by atoms with Gasteiger partial charge >= 0.3 is 0 Å². The monoisotopic (exact) mass is 448 g/mol. The summed E-state index contributed by atoms with van der Waals surface area (Å²) in [4.78, 5) is 10.1. The molecule has 6 nitrogen and oxygen atoms in total. The predicted molar refractivity (Wildman–Crippen MR) is 129 cm³/mol. The van der Waals surface area contributed by atoms with Crippen molar-refractivity contribution in [2.24, 2.45) is 4.99 Å². The molecule has 0 radical (unpaired) electrons. The summed E-state index contributed by atoms with van der Waals surface area (Å²) in [5.74, 6) is 1.61. The molecule has 0 fully saturated rings. The van der Waals surface area contributed by atoms with Crippen LogP contribution in [0, 0.1) is 13.8 Å². The Morgan fingerprint density at radius 3 is 2.50 bits per heavy atom. The molecule has 0 bridgehead atoms. The highest BCUT2D eigenvalue weighted by Crippen LogP contribution is 2.34. The molecule has 4 aromatic rings. The van der Waals surface area contributed by atoms with Gasteiger partial charge in [-0.3, -0.25) is 0 Å². The third kappa shape index (κ3) is 4.94. The molecule has 0 N–H and O–H groups in total. The van der Waals surface area contributed by atoms with Gasteiger partial charge in [-0.25, -0.2) is 9.98 Å². The van der Waals surface area contributed by atoms with E-state index in [9.17, 15) is 0 Å². The molecule has 0 spiro atoms. The maximum atomic E-state index is 5.67. The Kier molecular flexibility index (Phi) is 6.75. The molecule has 0 amide bonds. The highest BCUT2D eigenvalue weighted by molar-refractivity contribution is 7.07. The number of aryl methyl sites for hydroxylation is 3. The lowest BCUT2D eigenvalue weighted by Gasteiger charge is -2.14. The number of methoxy groups -OCH3 is 2. The third-order valence-electron chi connectivity index (χ3n) is 5.27. The molecule has 2 aromatic heterocycles. The van der Waals surface area contributed by atoms with E-state index in [4.69, 9.17) is 14.5 Å². The number of nitrogens with zero attached hydrogens (tertiary/aromatic N) is 4. The minimum atomic E-state index is 0.796. The maximum Gasteiger partial charge on any atom is 0.190 e. The number of benzene rings is 2. The number of ether oxygens (including phenoxy) is 2. The van der Waals surface area contributed by atoms with Gasteiger partial charge in [-0.2, -0.15) is 0 Å². The van der Waals surface area contributed by atoms with Gasteiger partial charge in [-0.15, -0.1) is 11.3 Å². The van der Waals surface area contributed by atoms with Gasteiger partial charge in [0, 0.05) is 36.4 Å². The molecule has 0 atom stereocenters. The van der Waals surface area contributed by atoms with Crippen molar-refractivity contribution in [1.29, 1.82) is 0 Å². The number of aromatic nitrogens is 3. The van der Waals surface area contributed by atoms with Crippen molar-refractivity contribution in [2.45, 2.75) is 33.4 Å². The molecule has 0 aliphatic carbocycles. The van der Waals surface area contributed by atoms with Crippen molar-refractivity contribution >= 4 is 17.0 Å². The molecule has 166 valence electrons. The van der Waals surface area contributed by atoms with Crippen molar-refractivity contribution in [3.63, 3.8) is 0 Å². The minimum absolute atomic E-state index is 0.796. The first-order chi connectivity index (χ1) is 15.6. The average molecular weight is 449 g/mol. The number of thiazole rings is 1. The van der Waals surface area contributed by atoms with Gasteiger partial charge in [-0.05, 0) is 61.7 Å². The van der Waals surface area contributed by atoms with E-state index in [2.05, 4.69) is 51.5 Å². The average Bonchev–Trinajstić information content (AvgIpc) is 3.43. The number of hydrogen-bond donors (Lipinski definition) is 0. The van der Waals surface area contributed by atoms with Gasteiger partial charge in [0.15, 0.2) is 4.80 Å². The van der Waals surface area contributed by atoms with Crippen molar-refractivity contribution in [1.82, 2.24) is 14.1 Å². The zero-order chi connectivity index (χ0) is 22.5. The summed E-state index contributed by atoms with van der Waals surface area (Å²) in [6, 6.07) is 12.3. The van der Waals surface area contributed by atoms with Crippen molar-refractivity contribution < 1.29 is 9.47 Å². The SMILES string of the molecule is COc1ccc(OC)c(-c2csc(=Nc3cc(C)cc(C)c3)n2CCCn2ccnc2)c1. The summed E-state index contributed by atoms with van der Waals surface area (Å²) in [6.07, 6.45) is 6.60. The van der Waals surface area contributed by atoms with E-state index in [0.717, 1.165) is 52.8 Å². The molecule has 4 rings (SSSR count). The van der Waals surface area contributed by atoms with Crippen LogP contribution in [0.2, 0.25) is 0 Å². The Morgan fingerprint density at radius 2 is 1.81 bits per heavy atom. The molecule has 7 heteroatoms. The topological polar surface area (TPSA) is 53.6 Å². The van der Waals surface area contributed by atoms with Crippen LogP contribution in [0.1, 0.15) is 17.5 Å². The molecule has 2 aromatic carbocycles. The van der Waals surface area contributed by atoms with E-state index in [0.29, 0.717) is 0 Å². The summed E-state index contributed by atoms with van der Waals surface area (Å²) >= 11 is 1.64. The number of imidazole rings is 1. The Hall–Kier alpha value is -3.32. The molecule has 0 saturated heterocycles. The van der Waals surface area contributed by atoms with Gasteiger partial charge < -0.3 is 18.6 Å². The maximum absolute atomic E-state index is 5.67. The molecule has 0 aliphatic heterocycles. The fourth-order valence-corrected chi connectivity index (χ4v) is 4.77. The van der Waals surface area contributed by atoms with Crippen LogP contribution >= 0.6 is 11.3 Å².